The molecule has 0 saturated carbocycles. The number of hydrogen-bond donors (Lipinski definition) is 1. The molecule has 0 atom stereocenters. The van der Waals surface area contributed by atoms with Crippen LogP contribution < -0.4 is 5.46 Å². The quantitative estimate of drug-likeness (QED) is 0.642. The molecule has 0 aliphatic carbocycles. The molecule has 2 rings (SSSR count). The molecular formula is C10H7BFO. The van der Waals surface area contributed by atoms with Gasteiger partial charge in [-0.2, -0.15) is 0 Å². The molecule has 0 spiro atoms. The van der Waals surface area contributed by atoms with Crippen LogP contribution in [0, 0.1) is 5.82 Å². The third-order valence-electron chi connectivity index (χ3n) is 2.03. The van der Waals surface area contributed by atoms with Gasteiger partial charge in [-0.3, -0.25) is 0 Å². The summed E-state index contributed by atoms with van der Waals surface area (Å²) in [5.41, 5.74) is 0.221. The van der Waals surface area contributed by atoms with E-state index in [1.807, 2.05) is 12.1 Å². The van der Waals surface area contributed by atoms with E-state index in [1.54, 1.807) is 24.3 Å². The molecule has 0 aliphatic heterocycles. The monoisotopic (exact) mass is 173 g/mol. The van der Waals surface area contributed by atoms with Crippen molar-refractivity contribution in [2.24, 2.45) is 0 Å². The minimum Gasteiger partial charge on any atom is -0.450 e. The third kappa shape index (κ3) is 1.31. The van der Waals surface area contributed by atoms with Gasteiger partial charge in [0.05, 0.1) is 0 Å². The van der Waals surface area contributed by atoms with Crippen molar-refractivity contribution in [2.75, 3.05) is 0 Å². The number of rotatable bonds is 1. The van der Waals surface area contributed by atoms with E-state index in [9.17, 15) is 4.39 Å². The number of benzene rings is 2. The van der Waals surface area contributed by atoms with Gasteiger partial charge in [-0.1, -0.05) is 36.4 Å². The topological polar surface area (TPSA) is 20.2 Å². The van der Waals surface area contributed by atoms with Gasteiger partial charge in [0.25, 0.3) is 0 Å². The molecular weight excluding hydrogens is 166 g/mol. The highest BCUT2D eigenvalue weighted by molar-refractivity contribution is 6.46. The summed E-state index contributed by atoms with van der Waals surface area (Å²) in [6.07, 6.45) is 0. The second-order valence-electron chi connectivity index (χ2n) is 2.82. The Bertz CT molecular complexity index is 442. The maximum absolute atomic E-state index is 13.5. The third-order valence-corrected chi connectivity index (χ3v) is 2.03. The fourth-order valence-electron chi connectivity index (χ4n) is 1.35. The Kier molecular flexibility index (Phi) is 2.03. The maximum atomic E-state index is 13.5. The lowest BCUT2D eigenvalue weighted by Gasteiger charge is -2.02. The van der Waals surface area contributed by atoms with Crippen molar-refractivity contribution in [1.29, 1.82) is 0 Å². The predicted molar refractivity (Wildman–Crippen MR) is 51.5 cm³/mol. The predicted octanol–water partition coefficient (Wildman–Crippen LogP) is 1.22. The fourth-order valence-corrected chi connectivity index (χ4v) is 1.35. The van der Waals surface area contributed by atoms with E-state index in [0.717, 1.165) is 12.9 Å². The van der Waals surface area contributed by atoms with Gasteiger partial charge >= 0.3 is 7.48 Å². The summed E-state index contributed by atoms with van der Waals surface area (Å²) in [4.78, 5) is 0. The standard InChI is InChI=1S/C10H7BFO/c12-10-8-4-2-1-3-7(8)5-6-9(10)11-13/h1-6,13H. The van der Waals surface area contributed by atoms with E-state index in [0.29, 0.717) is 5.39 Å². The van der Waals surface area contributed by atoms with E-state index in [-0.39, 0.29) is 11.3 Å². The minimum absolute atomic E-state index is 0.221. The first kappa shape index (κ1) is 8.26. The van der Waals surface area contributed by atoms with Gasteiger partial charge in [-0.05, 0) is 10.8 Å². The molecule has 1 radical (unpaired) electrons. The van der Waals surface area contributed by atoms with Gasteiger partial charge < -0.3 is 5.02 Å². The SMILES string of the molecule is O[B]c1ccc2ccccc2c1F. The Balaban J connectivity index is 2.79. The molecule has 0 bridgehead atoms. The molecule has 0 aliphatic rings. The lowest BCUT2D eigenvalue weighted by Crippen LogP contribution is -2.17. The van der Waals surface area contributed by atoms with Crippen LogP contribution >= 0.6 is 0 Å². The summed E-state index contributed by atoms with van der Waals surface area (Å²) in [7, 11) is 0.780. The fraction of sp³-hybridized carbons (Fsp3) is 0. The van der Waals surface area contributed by atoms with Crippen LogP contribution in [0.4, 0.5) is 4.39 Å². The second kappa shape index (κ2) is 3.19. The first-order valence-electron chi connectivity index (χ1n) is 3.97. The molecule has 2 aromatic rings. The van der Waals surface area contributed by atoms with Crippen molar-refractivity contribution >= 4 is 23.7 Å². The largest absolute Gasteiger partial charge is 0.450 e. The Morgan fingerprint density at radius 2 is 1.85 bits per heavy atom. The normalized spacial score (nSPS) is 10.3. The molecule has 0 fully saturated rings. The van der Waals surface area contributed by atoms with Crippen LogP contribution in [-0.4, -0.2) is 12.5 Å². The number of hydrogen-bond acceptors (Lipinski definition) is 1. The van der Waals surface area contributed by atoms with Crippen molar-refractivity contribution in [3.63, 3.8) is 0 Å². The summed E-state index contributed by atoms with van der Waals surface area (Å²) in [6.45, 7) is 0. The number of halogens is 1. The molecule has 1 nitrogen and oxygen atoms in total. The summed E-state index contributed by atoms with van der Waals surface area (Å²) >= 11 is 0. The van der Waals surface area contributed by atoms with Crippen LogP contribution in [0.15, 0.2) is 36.4 Å². The van der Waals surface area contributed by atoms with Gasteiger partial charge in [-0.15, -0.1) is 0 Å². The Hall–Kier alpha value is -1.35. The lowest BCUT2D eigenvalue weighted by atomic mass is 9.86. The minimum atomic E-state index is -0.374. The van der Waals surface area contributed by atoms with E-state index < -0.39 is 0 Å². The highest BCUT2D eigenvalue weighted by atomic mass is 19.1. The zero-order valence-electron chi connectivity index (χ0n) is 6.87. The van der Waals surface area contributed by atoms with Crippen molar-refractivity contribution in [3.05, 3.63) is 42.2 Å². The van der Waals surface area contributed by atoms with Gasteiger partial charge in [0, 0.05) is 5.39 Å². The Labute approximate surface area is 76.1 Å². The second-order valence-corrected chi connectivity index (χ2v) is 2.82. The van der Waals surface area contributed by atoms with Crippen LogP contribution in [0.1, 0.15) is 0 Å². The summed E-state index contributed by atoms with van der Waals surface area (Å²) in [5.74, 6) is -0.374. The first-order valence-corrected chi connectivity index (χ1v) is 3.97. The van der Waals surface area contributed by atoms with Crippen LogP contribution in [0.5, 0.6) is 0 Å². The van der Waals surface area contributed by atoms with Crippen LogP contribution in [-0.2, 0) is 0 Å². The molecule has 0 heterocycles. The molecule has 0 amide bonds. The van der Waals surface area contributed by atoms with Gasteiger partial charge in [0.2, 0.25) is 0 Å². The van der Waals surface area contributed by atoms with Crippen LogP contribution in [0.2, 0.25) is 0 Å². The molecule has 3 heteroatoms. The molecule has 0 aromatic heterocycles. The van der Waals surface area contributed by atoms with Crippen molar-refractivity contribution in [1.82, 2.24) is 0 Å². The average Bonchev–Trinajstić information content (AvgIpc) is 2.19. The highest BCUT2D eigenvalue weighted by Crippen LogP contribution is 2.14. The van der Waals surface area contributed by atoms with Gasteiger partial charge in [0.15, 0.2) is 0 Å². The number of fused-ring (bicyclic) bond motifs is 1. The van der Waals surface area contributed by atoms with E-state index in [2.05, 4.69) is 0 Å². The molecule has 13 heavy (non-hydrogen) atoms. The van der Waals surface area contributed by atoms with Crippen molar-refractivity contribution < 1.29 is 9.41 Å². The Morgan fingerprint density at radius 1 is 1.08 bits per heavy atom. The van der Waals surface area contributed by atoms with E-state index in [1.165, 1.54) is 0 Å². The van der Waals surface area contributed by atoms with E-state index in [4.69, 9.17) is 5.02 Å². The molecule has 0 unspecified atom stereocenters. The zero-order chi connectivity index (χ0) is 9.26. The van der Waals surface area contributed by atoms with E-state index >= 15 is 0 Å². The average molecular weight is 173 g/mol. The van der Waals surface area contributed by atoms with Crippen LogP contribution in [0.3, 0.4) is 0 Å². The van der Waals surface area contributed by atoms with Crippen LogP contribution in [0.25, 0.3) is 10.8 Å². The maximum Gasteiger partial charge on any atom is 0.329 e. The molecule has 63 valence electrons. The van der Waals surface area contributed by atoms with Crippen molar-refractivity contribution in [2.45, 2.75) is 0 Å². The first-order chi connectivity index (χ1) is 6.33. The smallest absolute Gasteiger partial charge is 0.329 e. The van der Waals surface area contributed by atoms with Gasteiger partial charge in [-0.25, -0.2) is 4.39 Å². The zero-order valence-corrected chi connectivity index (χ0v) is 6.87. The van der Waals surface area contributed by atoms with Crippen molar-refractivity contribution in [3.8, 4) is 0 Å². The molecule has 2 aromatic carbocycles. The Morgan fingerprint density at radius 3 is 2.62 bits per heavy atom. The lowest BCUT2D eigenvalue weighted by molar-refractivity contribution is 0.605. The molecule has 0 saturated heterocycles. The molecule has 1 N–H and O–H groups in total. The highest BCUT2D eigenvalue weighted by Gasteiger charge is 2.06. The summed E-state index contributed by atoms with van der Waals surface area (Å²) < 4.78 is 13.5. The summed E-state index contributed by atoms with van der Waals surface area (Å²) in [5, 5.41) is 10.1. The summed E-state index contributed by atoms with van der Waals surface area (Å²) in [6, 6.07) is 10.5. The van der Waals surface area contributed by atoms with Gasteiger partial charge in [0.1, 0.15) is 5.82 Å².